The summed E-state index contributed by atoms with van der Waals surface area (Å²) in [4.78, 5) is 10.5. The smallest absolute Gasteiger partial charge is 0.330 e. The van der Waals surface area contributed by atoms with E-state index in [0.29, 0.717) is 5.57 Å². The molecule has 0 aliphatic carbocycles. The Kier molecular flexibility index (Phi) is 5.12. The van der Waals surface area contributed by atoms with Gasteiger partial charge in [-0.05, 0) is 19.4 Å². The van der Waals surface area contributed by atoms with E-state index < -0.39 is 5.97 Å². The fourth-order valence-corrected chi connectivity index (χ4v) is 2.15. The molecule has 1 aromatic rings. The Hall–Kier alpha value is -1.22. The minimum Gasteiger partial charge on any atom is -0.478 e. The molecule has 0 aromatic heterocycles. The first-order chi connectivity index (χ1) is 7.59. The highest BCUT2D eigenvalue weighted by molar-refractivity contribution is 7.98. The number of thioether (sulfide) groups is 1. The van der Waals surface area contributed by atoms with Crippen LogP contribution in [0.2, 0.25) is 0 Å². The van der Waals surface area contributed by atoms with Gasteiger partial charge in [0, 0.05) is 17.1 Å². The summed E-state index contributed by atoms with van der Waals surface area (Å²) in [5.74, 6) is 0.827. The number of carbonyl (C=O) groups is 1. The van der Waals surface area contributed by atoms with Gasteiger partial charge < -0.3 is 5.11 Å². The molecule has 0 saturated carbocycles. The van der Waals surface area contributed by atoms with E-state index in [2.05, 4.69) is 25.1 Å². The number of aliphatic carboxylic acids is 1. The van der Waals surface area contributed by atoms with E-state index in [1.165, 1.54) is 11.1 Å². The minimum atomic E-state index is -0.837. The Balaban J connectivity index is 2.36. The van der Waals surface area contributed by atoms with E-state index in [9.17, 15) is 4.79 Å². The van der Waals surface area contributed by atoms with E-state index in [-0.39, 0.29) is 0 Å². The maximum atomic E-state index is 10.5. The molecule has 1 rings (SSSR count). The summed E-state index contributed by atoms with van der Waals surface area (Å²) in [6, 6.07) is 8.36. The molecule has 1 N–H and O–H groups in total. The maximum Gasteiger partial charge on any atom is 0.330 e. The zero-order valence-corrected chi connectivity index (χ0v) is 10.4. The highest BCUT2D eigenvalue weighted by Crippen LogP contribution is 2.14. The van der Waals surface area contributed by atoms with Gasteiger partial charge in [0.1, 0.15) is 0 Å². The molecule has 0 aliphatic rings. The molecule has 0 heterocycles. The highest BCUT2D eigenvalue weighted by atomic mass is 32.2. The fraction of sp³-hybridized carbons (Fsp3) is 0.308. The lowest BCUT2D eigenvalue weighted by molar-refractivity contribution is -0.132. The van der Waals surface area contributed by atoms with Crippen molar-refractivity contribution in [2.75, 3.05) is 5.75 Å². The third kappa shape index (κ3) is 4.53. The summed E-state index contributed by atoms with van der Waals surface area (Å²) in [7, 11) is 0. The van der Waals surface area contributed by atoms with Crippen LogP contribution in [-0.4, -0.2) is 16.8 Å². The number of rotatable bonds is 5. The molecular formula is C13H16O2S. The molecular weight excluding hydrogens is 220 g/mol. The first kappa shape index (κ1) is 12.8. The molecule has 0 atom stereocenters. The SMILES string of the molecule is CC(=CCSCc1cccc(C)c1)C(=O)O. The number of benzene rings is 1. The van der Waals surface area contributed by atoms with Gasteiger partial charge in [-0.2, -0.15) is 11.8 Å². The molecule has 16 heavy (non-hydrogen) atoms. The predicted molar refractivity (Wildman–Crippen MR) is 68.7 cm³/mol. The lowest BCUT2D eigenvalue weighted by Gasteiger charge is -2.01. The number of hydrogen-bond acceptors (Lipinski definition) is 2. The molecule has 0 amide bonds. The average molecular weight is 236 g/mol. The molecule has 0 bridgehead atoms. The Labute approximate surface area is 100 Å². The van der Waals surface area contributed by atoms with E-state index in [0.717, 1.165) is 11.5 Å². The topological polar surface area (TPSA) is 37.3 Å². The summed E-state index contributed by atoms with van der Waals surface area (Å²) < 4.78 is 0. The van der Waals surface area contributed by atoms with Crippen LogP contribution in [0, 0.1) is 6.92 Å². The lowest BCUT2D eigenvalue weighted by atomic mass is 10.2. The molecule has 0 aliphatic heterocycles. The summed E-state index contributed by atoms with van der Waals surface area (Å²) >= 11 is 1.72. The monoisotopic (exact) mass is 236 g/mol. The molecule has 2 nitrogen and oxygen atoms in total. The van der Waals surface area contributed by atoms with Crippen LogP contribution >= 0.6 is 11.8 Å². The second-order valence-corrected chi connectivity index (χ2v) is 4.73. The van der Waals surface area contributed by atoms with Crippen LogP contribution in [0.4, 0.5) is 0 Å². The lowest BCUT2D eigenvalue weighted by Crippen LogP contribution is -1.96. The Morgan fingerprint density at radius 2 is 2.25 bits per heavy atom. The maximum absolute atomic E-state index is 10.5. The number of carboxylic acid groups (broad SMARTS) is 1. The van der Waals surface area contributed by atoms with Crippen LogP contribution in [0.15, 0.2) is 35.9 Å². The van der Waals surface area contributed by atoms with Gasteiger partial charge in [0.05, 0.1) is 0 Å². The predicted octanol–water partition coefficient (Wildman–Crippen LogP) is 3.26. The standard InChI is InChI=1S/C13H16O2S/c1-10-4-3-5-12(8-10)9-16-7-6-11(2)13(14)15/h3-6,8H,7,9H2,1-2H3,(H,14,15). The zero-order chi connectivity index (χ0) is 12.0. The van der Waals surface area contributed by atoms with Gasteiger partial charge in [0.2, 0.25) is 0 Å². The van der Waals surface area contributed by atoms with Gasteiger partial charge in [-0.3, -0.25) is 0 Å². The minimum absolute atomic E-state index is 0.414. The van der Waals surface area contributed by atoms with Crippen molar-refractivity contribution < 1.29 is 9.90 Å². The Morgan fingerprint density at radius 3 is 2.88 bits per heavy atom. The van der Waals surface area contributed by atoms with Crippen molar-refractivity contribution in [1.82, 2.24) is 0 Å². The van der Waals surface area contributed by atoms with E-state index in [1.807, 2.05) is 6.07 Å². The van der Waals surface area contributed by atoms with Crippen LogP contribution < -0.4 is 0 Å². The molecule has 1 aromatic carbocycles. The summed E-state index contributed by atoms with van der Waals surface area (Å²) in [5, 5.41) is 8.66. The normalized spacial score (nSPS) is 11.5. The molecule has 0 fully saturated rings. The number of carboxylic acids is 1. The van der Waals surface area contributed by atoms with Crippen molar-refractivity contribution in [3.05, 3.63) is 47.0 Å². The third-order valence-corrected chi connectivity index (χ3v) is 3.14. The molecule has 0 saturated heterocycles. The Morgan fingerprint density at radius 1 is 1.50 bits per heavy atom. The number of aryl methyl sites for hydroxylation is 1. The third-order valence-electron chi connectivity index (χ3n) is 2.20. The van der Waals surface area contributed by atoms with E-state index >= 15 is 0 Å². The van der Waals surface area contributed by atoms with Crippen LogP contribution in [0.1, 0.15) is 18.1 Å². The average Bonchev–Trinajstić information content (AvgIpc) is 2.24. The van der Waals surface area contributed by atoms with Gasteiger partial charge in [0.25, 0.3) is 0 Å². The first-order valence-electron chi connectivity index (χ1n) is 5.13. The van der Waals surface area contributed by atoms with Gasteiger partial charge in [-0.1, -0.05) is 35.9 Å². The number of hydrogen-bond donors (Lipinski definition) is 1. The molecule has 0 spiro atoms. The largest absolute Gasteiger partial charge is 0.478 e. The Bertz CT molecular complexity index is 397. The summed E-state index contributed by atoms with van der Waals surface area (Å²) in [6.45, 7) is 3.69. The van der Waals surface area contributed by atoms with E-state index in [1.54, 1.807) is 24.8 Å². The zero-order valence-electron chi connectivity index (χ0n) is 9.56. The molecule has 0 unspecified atom stereocenters. The molecule has 3 heteroatoms. The van der Waals surface area contributed by atoms with Crippen molar-refractivity contribution in [3.63, 3.8) is 0 Å². The van der Waals surface area contributed by atoms with Gasteiger partial charge in [0.15, 0.2) is 0 Å². The van der Waals surface area contributed by atoms with E-state index in [4.69, 9.17) is 5.11 Å². The second kappa shape index (κ2) is 6.38. The van der Waals surface area contributed by atoms with Crippen molar-refractivity contribution in [1.29, 1.82) is 0 Å². The van der Waals surface area contributed by atoms with Crippen LogP contribution in [-0.2, 0) is 10.5 Å². The molecule has 0 radical (unpaired) electrons. The van der Waals surface area contributed by atoms with Crippen molar-refractivity contribution in [3.8, 4) is 0 Å². The van der Waals surface area contributed by atoms with Crippen molar-refractivity contribution in [2.45, 2.75) is 19.6 Å². The van der Waals surface area contributed by atoms with Crippen LogP contribution in [0.25, 0.3) is 0 Å². The molecule has 86 valence electrons. The summed E-state index contributed by atoms with van der Waals surface area (Å²) in [6.07, 6.45) is 1.75. The van der Waals surface area contributed by atoms with Crippen LogP contribution in [0.3, 0.4) is 0 Å². The van der Waals surface area contributed by atoms with Crippen LogP contribution in [0.5, 0.6) is 0 Å². The summed E-state index contributed by atoms with van der Waals surface area (Å²) in [5.41, 5.74) is 2.96. The quantitative estimate of drug-likeness (QED) is 0.630. The highest BCUT2D eigenvalue weighted by Gasteiger charge is 1.98. The second-order valence-electron chi connectivity index (χ2n) is 3.70. The van der Waals surface area contributed by atoms with Gasteiger partial charge >= 0.3 is 5.97 Å². The van der Waals surface area contributed by atoms with Gasteiger partial charge in [-0.25, -0.2) is 4.79 Å². The van der Waals surface area contributed by atoms with Crippen molar-refractivity contribution >= 4 is 17.7 Å². The van der Waals surface area contributed by atoms with Crippen molar-refractivity contribution in [2.24, 2.45) is 0 Å². The van der Waals surface area contributed by atoms with Gasteiger partial charge in [-0.15, -0.1) is 0 Å². The first-order valence-corrected chi connectivity index (χ1v) is 6.28. The fourth-order valence-electron chi connectivity index (χ4n) is 1.25.